The lowest BCUT2D eigenvalue weighted by Crippen LogP contribution is -2.48. The number of nitrogens with zero attached hydrogens (tertiary/aromatic N) is 1. The van der Waals surface area contributed by atoms with Crippen LogP contribution >= 0.6 is 0 Å². The summed E-state index contributed by atoms with van der Waals surface area (Å²) >= 11 is 0. The summed E-state index contributed by atoms with van der Waals surface area (Å²) in [6.45, 7) is 1.91. The fraction of sp³-hybridized carbons (Fsp3) is 0.444. The normalized spacial score (nSPS) is 14.4. The molecule has 1 saturated heterocycles. The van der Waals surface area contributed by atoms with Gasteiger partial charge in [-0.3, -0.25) is 4.79 Å². The van der Waals surface area contributed by atoms with Crippen LogP contribution in [0, 0.1) is 5.41 Å². The van der Waals surface area contributed by atoms with Gasteiger partial charge in [0, 0.05) is 31.5 Å². The summed E-state index contributed by atoms with van der Waals surface area (Å²) in [7, 11) is 4.63. The summed E-state index contributed by atoms with van der Waals surface area (Å²) in [5.41, 5.74) is 1.35. The van der Waals surface area contributed by atoms with Gasteiger partial charge >= 0.3 is 6.09 Å². The van der Waals surface area contributed by atoms with Crippen LogP contribution in [0.5, 0.6) is 11.5 Å². The number of aliphatic hydroxyl groups excluding tert-OH is 1. The number of carbonyl (C=O) groups excluding carboxylic acids is 2. The number of aliphatic hydroxyl groups is 1. The molecule has 45 heavy (non-hydrogen) atoms. The zero-order chi connectivity index (χ0) is 32.1. The molecular formula is C36H46N2O7. The van der Waals surface area contributed by atoms with E-state index in [0.717, 1.165) is 47.5 Å². The van der Waals surface area contributed by atoms with E-state index in [1.165, 1.54) is 7.11 Å². The number of alkyl carbamates (subject to hydrolysis) is 1. The van der Waals surface area contributed by atoms with Crippen LogP contribution in [0.2, 0.25) is 0 Å². The number of ether oxygens (including phenoxy) is 4. The molecule has 3 aromatic rings. The van der Waals surface area contributed by atoms with E-state index < -0.39 is 17.1 Å². The molecule has 0 unspecified atom stereocenters. The summed E-state index contributed by atoms with van der Waals surface area (Å²) in [5.74, 6) is 1.62. The summed E-state index contributed by atoms with van der Waals surface area (Å²) in [6.07, 6.45) is 3.69. The molecule has 2 amide bonds. The van der Waals surface area contributed by atoms with Crippen molar-refractivity contribution in [1.29, 1.82) is 0 Å². The number of piperidine rings is 1. The third-order valence-corrected chi connectivity index (χ3v) is 8.80. The molecule has 0 radical (unpaired) electrons. The molecule has 1 fully saturated rings. The van der Waals surface area contributed by atoms with Crippen molar-refractivity contribution in [2.75, 3.05) is 54.2 Å². The van der Waals surface area contributed by atoms with Gasteiger partial charge in [-0.1, -0.05) is 61.0 Å². The molecule has 4 rings (SSSR count). The van der Waals surface area contributed by atoms with Gasteiger partial charge in [0.25, 0.3) is 0 Å². The van der Waals surface area contributed by atoms with E-state index >= 15 is 0 Å². The maximum absolute atomic E-state index is 13.0. The molecule has 0 spiro atoms. The first-order valence-corrected chi connectivity index (χ1v) is 15.6. The maximum atomic E-state index is 13.0. The van der Waals surface area contributed by atoms with Gasteiger partial charge in [-0.05, 0) is 66.6 Å². The Balaban J connectivity index is 1.51. The van der Waals surface area contributed by atoms with Crippen LogP contribution in [0.3, 0.4) is 0 Å². The van der Waals surface area contributed by atoms with Gasteiger partial charge in [0.05, 0.1) is 34.5 Å². The molecule has 1 heterocycles. The number of hydrogen-bond donors (Lipinski definition) is 2. The molecule has 2 N–H and O–H groups in total. The van der Waals surface area contributed by atoms with Gasteiger partial charge in [-0.15, -0.1) is 0 Å². The Bertz CT molecular complexity index is 1290. The first-order valence-electron chi connectivity index (χ1n) is 15.6. The SMILES string of the molecule is COC(=O)NCCCCCC(=O)N1CCC(CO)(COC(c2ccccc2)(c2ccc(OC)cc2)c2ccc(OC)cc2)CC1. The summed E-state index contributed by atoms with van der Waals surface area (Å²) in [6, 6.07) is 25.9. The van der Waals surface area contributed by atoms with Crippen LogP contribution in [-0.2, 0) is 19.9 Å². The Labute approximate surface area is 266 Å². The van der Waals surface area contributed by atoms with Gasteiger partial charge in [0.15, 0.2) is 0 Å². The summed E-state index contributed by atoms with van der Waals surface area (Å²) < 4.78 is 22.6. The lowest BCUT2D eigenvalue weighted by atomic mass is 9.77. The topological polar surface area (TPSA) is 107 Å². The number of methoxy groups -OCH3 is 3. The second-order valence-electron chi connectivity index (χ2n) is 11.6. The Morgan fingerprint density at radius 2 is 1.36 bits per heavy atom. The Morgan fingerprint density at radius 3 is 1.87 bits per heavy atom. The van der Waals surface area contributed by atoms with Gasteiger partial charge in [-0.2, -0.15) is 0 Å². The van der Waals surface area contributed by atoms with Crippen LogP contribution < -0.4 is 14.8 Å². The van der Waals surface area contributed by atoms with Crippen LogP contribution in [0.25, 0.3) is 0 Å². The quantitative estimate of drug-likeness (QED) is 0.170. The van der Waals surface area contributed by atoms with Crippen molar-refractivity contribution in [1.82, 2.24) is 10.2 Å². The zero-order valence-corrected chi connectivity index (χ0v) is 26.6. The van der Waals surface area contributed by atoms with Gasteiger partial charge < -0.3 is 34.3 Å². The number of carbonyl (C=O) groups is 2. The van der Waals surface area contributed by atoms with Crippen molar-refractivity contribution in [2.45, 2.75) is 44.1 Å². The fourth-order valence-electron chi connectivity index (χ4n) is 5.91. The Morgan fingerprint density at radius 1 is 0.800 bits per heavy atom. The van der Waals surface area contributed by atoms with Crippen molar-refractivity contribution < 1.29 is 33.6 Å². The number of nitrogens with one attached hydrogen (secondary N) is 1. The Kier molecular flexibility index (Phi) is 12.2. The molecule has 0 aliphatic carbocycles. The highest BCUT2D eigenvalue weighted by atomic mass is 16.5. The predicted octanol–water partition coefficient (Wildman–Crippen LogP) is 5.53. The molecule has 0 bridgehead atoms. The van der Waals surface area contributed by atoms with E-state index in [1.807, 2.05) is 71.6 Å². The molecule has 0 saturated carbocycles. The molecule has 1 aliphatic heterocycles. The van der Waals surface area contributed by atoms with Gasteiger partial charge in [0.1, 0.15) is 17.1 Å². The fourth-order valence-corrected chi connectivity index (χ4v) is 5.91. The van der Waals surface area contributed by atoms with Gasteiger partial charge in [0.2, 0.25) is 5.91 Å². The van der Waals surface area contributed by atoms with Crippen LogP contribution in [-0.4, -0.2) is 76.2 Å². The van der Waals surface area contributed by atoms with Gasteiger partial charge in [-0.25, -0.2) is 4.79 Å². The largest absolute Gasteiger partial charge is 0.497 e. The minimum Gasteiger partial charge on any atom is -0.497 e. The highest BCUT2D eigenvalue weighted by Gasteiger charge is 2.43. The summed E-state index contributed by atoms with van der Waals surface area (Å²) in [4.78, 5) is 26.1. The van der Waals surface area contributed by atoms with E-state index in [1.54, 1.807) is 14.2 Å². The summed E-state index contributed by atoms with van der Waals surface area (Å²) in [5, 5.41) is 13.4. The molecule has 0 aromatic heterocycles. The van der Waals surface area contributed by atoms with Crippen molar-refractivity contribution in [3.8, 4) is 11.5 Å². The van der Waals surface area contributed by atoms with E-state index in [0.29, 0.717) is 45.5 Å². The first-order chi connectivity index (χ1) is 21.9. The average molecular weight is 619 g/mol. The lowest BCUT2D eigenvalue weighted by Gasteiger charge is -2.44. The second-order valence-corrected chi connectivity index (χ2v) is 11.6. The van der Waals surface area contributed by atoms with Crippen LogP contribution in [0.1, 0.15) is 55.2 Å². The highest BCUT2D eigenvalue weighted by molar-refractivity contribution is 5.76. The molecule has 9 heteroatoms. The van der Waals surface area contributed by atoms with Crippen molar-refractivity contribution in [2.24, 2.45) is 5.41 Å². The number of amides is 2. The van der Waals surface area contributed by atoms with Crippen molar-refractivity contribution in [3.05, 3.63) is 95.6 Å². The molecule has 242 valence electrons. The lowest BCUT2D eigenvalue weighted by molar-refractivity contribution is -0.137. The second kappa shape index (κ2) is 16.3. The molecule has 3 aromatic carbocycles. The monoisotopic (exact) mass is 618 g/mol. The number of hydrogen-bond acceptors (Lipinski definition) is 7. The first kappa shape index (κ1) is 33.8. The number of unbranched alkanes of at least 4 members (excludes halogenated alkanes) is 2. The average Bonchev–Trinajstić information content (AvgIpc) is 3.11. The van der Waals surface area contributed by atoms with Crippen molar-refractivity contribution >= 4 is 12.0 Å². The molecule has 9 nitrogen and oxygen atoms in total. The van der Waals surface area contributed by atoms with E-state index in [4.69, 9.17) is 14.2 Å². The Hall–Kier alpha value is -4.08. The molecule has 1 aliphatic rings. The van der Waals surface area contributed by atoms with E-state index in [9.17, 15) is 14.7 Å². The number of rotatable bonds is 15. The smallest absolute Gasteiger partial charge is 0.406 e. The predicted molar refractivity (Wildman–Crippen MR) is 172 cm³/mol. The van der Waals surface area contributed by atoms with Crippen LogP contribution in [0.4, 0.5) is 4.79 Å². The standard InChI is InChI=1S/C36H46N2O7/c1-42-31-17-13-29(14-18-31)36(28-10-6-4-7-11-28,30-15-19-32(43-2)20-16-30)45-27-35(26-39)21-24-38(25-22-35)33(40)12-8-5-9-23-37-34(41)44-3/h4,6-7,10-11,13-20,39H,5,8-9,12,21-27H2,1-3H3,(H,37,41). The molecule has 0 atom stereocenters. The van der Waals surface area contributed by atoms with E-state index in [2.05, 4.69) is 22.2 Å². The highest BCUT2D eigenvalue weighted by Crippen LogP contribution is 2.44. The zero-order valence-electron chi connectivity index (χ0n) is 26.6. The third kappa shape index (κ3) is 8.35. The number of likely N-dealkylation sites (tertiary alicyclic amines) is 1. The van der Waals surface area contributed by atoms with Crippen LogP contribution in [0.15, 0.2) is 78.9 Å². The van der Waals surface area contributed by atoms with E-state index in [-0.39, 0.29) is 12.5 Å². The number of benzene rings is 3. The third-order valence-electron chi connectivity index (χ3n) is 8.80. The van der Waals surface area contributed by atoms with Crippen molar-refractivity contribution in [3.63, 3.8) is 0 Å². The maximum Gasteiger partial charge on any atom is 0.406 e. The minimum atomic E-state index is -0.975. The minimum absolute atomic E-state index is 0.0433. The molecular weight excluding hydrogens is 572 g/mol.